The third kappa shape index (κ3) is 3.11. The number of nitro benzene ring substituents is 1. The van der Waals surface area contributed by atoms with Crippen LogP contribution in [0.4, 0.5) is 5.69 Å². The number of benzene rings is 2. The van der Waals surface area contributed by atoms with E-state index in [1.165, 1.54) is 6.07 Å². The molecule has 2 rings (SSSR count). The van der Waals surface area contributed by atoms with Gasteiger partial charge in [0.2, 0.25) is 0 Å². The first-order valence-corrected chi connectivity index (χ1v) is 6.80. The number of hydrogen-bond acceptors (Lipinski definition) is 3. The van der Waals surface area contributed by atoms with Crippen molar-refractivity contribution in [2.45, 2.75) is 13.3 Å². The summed E-state index contributed by atoms with van der Waals surface area (Å²) >= 11 is 3.32. The van der Waals surface area contributed by atoms with Crippen molar-refractivity contribution in [1.29, 1.82) is 0 Å². The minimum absolute atomic E-state index is 0.132. The summed E-state index contributed by atoms with van der Waals surface area (Å²) in [5.41, 5.74) is 1.52. The Bertz CT molecular complexity index is 665. The monoisotopic (exact) mass is 333 g/mol. The molecule has 0 atom stereocenters. The van der Waals surface area contributed by atoms with E-state index in [2.05, 4.69) is 15.9 Å². The molecule has 0 aliphatic carbocycles. The Labute approximate surface area is 124 Å². The number of carbonyl (C=O) groups is 1. The number of hydrogen-bond donors (Lipinski definition) is 0. The lowest BCUT2D eigenvalue weighted by molar-refractivity contribution is -0.385. The third-order valence-electron chi connectivity index (χ3n) is 3.00. The molecule has 2 aromatic rings. The molecule has 20 heavy (non-hydrogen) atoms. The maximum Gasteiger partial charge on any atom is 0.280 e. The summed E-state index contributed by atoms with van der Waals surface area (Å²) in [5, 5.41) is 11.0. The Kier molecular flexibility index (Phi) is 4.29. The van der Waals surface area contributed by atoms with Crippen LogP contribution < -0.4 is 0 Å². The molecule has 2 aromatic carbocycles. The quantitative estimate of drug-likeness (QED) is 0.481. The van der Waals surface area contributed by atoms with Gasteiger partial charge in [-0.25, -0.2) is 0 Å². The van der Waals surface area contributed by atoms with Crippen molar-refractivity contribution in [1.82, 2.24) is 0 Å². The Morgan fingerprint density at radius 3 is 2.45 bits per heavy atom. The van der Waals surface area contributed by atoms with Crippen LogP contribution in [0.3, 0.4) is 0 Å². The second-order valence-corrected chi connectivity index (χ2v) is 5.37. The summed E-state index contributed by atoms with van der Waals surface area (Å²) in [7, 11) is 0. The predicted molar refractivity (Wildman–Crippen MR) is 80.0 cm³/mol. The van der Waals surface area contributed by atoms with Gasteiger partial charge in [0, 0.05) is 17.0 Å². The highest BCUT2D eigenvalue weighted by Crippen LogP contribution is 2.24. The molecule has 0 fully saturated rings. The molecule has 0 saturated heterocycles. The van der Waals surface area contributed by atoms with Gasteiger partial charge in [0.1, 0.15) is 0 Å². The fourth-order valence-electron chi connectivity index (χ4n) is 2.04. The predicted octanol–water partition coefficient (Wildman–Crippen LogP) is 4.09. The molecule has 0 N–H and O–H groups in total. The highest BCUT2D eigenvalue weighted by Gasteiger charge is 2.21. The normalized spacial score (nSPS) is 10.3. The SMILES string of the molecule is Cc1cccc([N+](=O)[O-])c1C(=O)Cc1ccc(Br)cc1. The fraction of sp³-hybridized carbons (Fsp3) is 0.133. The molecule has 0 heterocycles. The highest BCUT2D eigenvalue weighted by molar-refractivity contribution is 9.10. The van der Waals surface area contributed by atoms with E-state index in [0.717, 1.165) is 10.0 Å². The Hall–Kier alpha value is -2.01. The van der Waals surface area contributed by atoms with E-state index in [1.807, 2.05) is 24.3 Å². The van der Waals surface area contributed by atoms with Crippen LogP contribution in [0.2, 0.25) is 0 Å². The number of aryl methyl sites for hydroxylation is 1. The van der Waals surface area contributed by atoms with Crippen molar-refractivity contribution in [3.05, 3.63) is 73.7 Å². The first-order chi connectivity index (χ1) is 9.49. The van der Waals surface area contributed by atoms with Crippen LogP contribution in [0.1, 0.15) is 21.5 Å². The summed E-state index contributed by atoms with van der Waals surface area (Å²) in [6, 6.07) is 12.0. The van der Waals surface area contributed by atoms with Crippen LogP contribution in [-0.4, -0.2) is 10.7 Å². The highest BCUT2D eigenvalue weighted by atomic mass is 79.9. The standard InChI is InChI=1S/C15H12BrNO3/c1-10-3-2-4-13(17(19)20)15(10)14(18)9-11-5-7-12(16)8-6-11/h2-8H,9H2,1H3. The zero-order chi connectivity index (χ0) is 14.7. The molecular formula is C15H12BrNO3. The second kappa shape index (κ2) is 5.96. The van der Waals surface area contributed by atoms with Crippen LogP contribution in [0.15, 0.2) is 46.9 Å². The number of halogens is 1. The summed E-state index contributed by atoms with van der Waals surface area (Å²) in [4.78, 5) is 22.8. The van der Waals surface area contributed by atoms with E-state index in [0.29, 0.717) is 5.56 Å². The average molecular weight is 334 g/mol. The molecule has 0 unspecified atom stereocenters. The van der Waals surface area contributed by atoms with E-state index in [4.69, 9.17) is 0 Å². The summed E-state index contributed by atoms with van der Waals surface area (Å²) in [6.07, 6.45) is 0.152. The Morgan fingerprint density at radius 2 is 1.85 bits per heavy atom. The van der Waals surface area contributed by atoms with Gasteiger partial charge in [0.25, 0.3) is 5.69 Å². The van der Waals surface area contributed by atoms with Crippen LogP contribution in [0.25, 0.3) is 0 Å². The largest absolute Gasteiger partial charge is 0.294 e. The number of Topliss-reactive ketones (excluding diaryl/α,β-unsaturated/α-hetero) is 1. The number of nitrogens with zero attached hydrogens (tertiary/aromatic N) is 1. The number of rotatable bonds is 4. The van der Waals surface area contributed by atoms with E-state index < -0.39 is 4.92 Å². The molecule has 0 saturated carbocycles. The van der Waals surface area contributed by atoms with Crippen LogP contribution in [-0.2, 0) is 6.42 Å². The van der Waals surface area contributed by atoms with Gasteiger partial charge >= 0.3 is 0 Å². The second-order valence-electron chi connectivity index (χ2n) is 4.45. The molecule has 0 spiro atoms. The van der Waals surface area contributed by atoms with Crippen LogP contribution in [0.5, 0.6) is 0 Å². The minimum atomic E-state index is -0.512. The van der Waals surface area contributed by atoms with Crippen molar-refractivity contribution >= 4 is 27.4 Å². The first kappa shape index (κ1) is 14.4. The molecule has 0 bridgehead atoms. The first-order valence-electron chi connectivity index (χ1n) is 6.00. The van der Waals surface area contributed by atoms with Crippen molar-refractivity contribution in [2.24, 2.45) is 0 Å². The van der Waals surface area contributed by atoms with E-state index in [1.54, 1.807) is 19.1 Å². The molecule has 0 aromatic heterocycles. The van der Waals surface area contributed by atoms with Gasteiger partial charge in [-0.05, 0) is 30.2 Å². The molecule has 5 heteroatoms. The van der Waals surface area contributed by atoms with Crippen molar-refractivity contribution in [3.8, 4) is 0 Å². The zero-order valence-corrected chi connectivity index (χ0v) is 12.4. The van der Waals surface area contributed by atoms with Gasteiger partial charge in [-0.1, -0.05) is 40.2 Å². The topological polar surface area (TPSA) is 60.2 Å². The summed E-state index contributed by atoms with van der Waals surface area (Å²) in [6.45, 7) is 1.71. The smallest absolute Gasteiger partial charge is 0.280 e. The molecule has 0 aliphatic heterocycles. The van der Waals surface area contributed by atoms with Gasteiger partial charge in [-0.2, -0.15) is 0 Å². The summed E-state index contributed by atoms with van der Waals surface area (Å²) < 4.78 is 0.926. The van der Waals surface area contributed by atoms with Gasteiger partial charge in [0.05, 0.1) is 10.5 Å². The average Bonchev–Trinajstić information content (AvgIpc) is 2.40. The lowest BCUT2D eigenvalue weighted by Crippen LogP contribution is -2.09. The number of ketones is 1. The molecule has 0 radical (unpaired) electrons. The zero-order valence-electron chi connectivity index (χ0n) is 10.8. The Balaban J connectivity index is 2.34. The third-order valence-corrected chi connectivity index (χ3v) is 3.53. The van der Waals surface area contributed by atoms with E-state index in [9.17, 15) is 14.9 Å². The van der Waals surface area contributed by atoms with Gasteiger partial charge in [0.15, 0.2) is 5.78 Å². The molecule has 0 amide bonds. The number of carbonyl (C=O) groups excluding carboxylic acids is 1. The fourth-order valence-corrected chi connectivity index (χ4v) is 2.31. The maximum atomic E-state index is 12.3. The maximum absolute atomic E-state index is 12.3. The number of nitro groups is 1. The van der Waals surface area contributed by atoms with E-state index >= 15 is 0 Å². The minimum Gasteiger partial charge on any atom is -0.294 e. The lowest BCUT2D eigenvalue weighted by Gasteiger charge is -2.06. The van der Waals surface area contributed by atoms with Gasteiger partial charge in [-0.3, -0.25) is 14.9 Å². The van der Waals surface area contributed by atoms with Gasteiger partial charge in [-0.15, -0.1) is 0 Å². The summed E-state index contributed by atoms with van der Waals surface area (Å²) in [5.74, 6) is -0.239. The molecular weight excluding hydrogens is 322 g/mol. The van der Waals surface area contributed by atoms with Crippen molar-refractivity contribution in [2.75, 3.05) is 0 Å². The lowest BCUT2D eigenvalue weighted by atomic mass is 9.97. The molecule has 102 valence electrons. The van der Waals surface area contributed by atoms with Gasteiger partial charge < -0.3 is 0 Å². The van der Waals surface area contributed by atoms with E-state index in [-0.39, 0.29) is 23.5 Å². The van der Waals surface area contributed by atoms with Crippen molar-refractivity contribution in [3.63, 3.8) is 0 Å². The molecule has 4 nitrogen and oxygen atoms in total. The van der Waals surface area contributed by atoms with Crippen molar-refractivity contribution < 1.29 is 9.72 Å². The van der Waals surface area contributed by atoms with Crippen LogP contribution >= 0.6 is 15.9 Å². The Morgan fingerprint density at radius 1 is 1.20 bits per heavy atom. The van der Waals surface area contributed by atoms with Crippen LogP contribution in [0, 0.1) is 17.0 Å². The molecule has 0 aliphatic rings.